The largest absolute Gasteiger partial charge is 0.0776 e. The zero-order chi connectivity index (χ0) is 23.4. The topological polar surface area (TPSA) is 0 Å². The van der Waals surface area contributed by atoms with Gasteiger partial charge in [-0.15, -0.1) is 0 Å². The van der Waals surface area contributed by atoms with Gasteiger partial charge < -0.3 is 0 Å². The van der Waals surface area contributed by atoms with Crippen LogP contribution in [-0.4, -0.2) is 0 Å². The predicted octanol–water partition coefficient (Wildman–Crippen LogP) is 10.2. The van der Waals surface area contributed by atoms with Crippen LogP contribution in [-0.2, 0) is 0 Å². The average molecular weight is 421 g/mol. The van der Waals surface area contributed by atoms with Crippen LogP contribution in [0.25, 0.3) is 11.1 Å². The lowest BCUT2D eigenvalue weighted by molar-refractivity contribution is 1.24. The maximum absolute atomic E-state index is 2.27. The molecular weight excluding hydrogens is 372 g/mol. The molecule has 0 unspecified atom stereocenters. The van der Waals surface area contributed by atoms with E-state index in [0.717, 1.165) is 0 Å². The Morgan fingerprint density at radius 3 is 1.26 bits per heavy atom. The van der Waals surface area contributed by atoms with Gasteiger partial charge in [-0.2, -0.15) is 0 Å². The summed E-state index contributed by atoms with van der Waals surface area (Å²) in [5.41, 5.74) is 13.7. The van der Waals surface area contributed by atoms with Crippen molar-refractivity contribution in [1.29, 1.82) is 0 Å². The summed E-state index contributed by atoms with van der Waals surface area (Å²) in [4.78, 5) is 0. The molecule has 3 aromatic carbocycles. The van der Waals surface area contributed by atoms with Gasteiger partial charge in [-0.1, -0.05) is 83.7 Å². The first-order valence-electron chi connectivity index (χ1n) is 11.4. The summed E-state index contributed by atoms with van der Waals surface area (Å²) in [6.07, 6.45) is 0. The van der Waals surface area contributed by atoms with Crippen molar-refractivity contribution in [2.75, 3.05) is 0 Å². The van der Waals surface area contributed by atoms with Crippen LogP contribution in [0, 0.1) is 55.4 Å². The fourth-order valence-corrected chi connectivity index (χ4v) is 3.08. The van der Waals surface area contributed by atoms with E-state index in [1.807, 2.05) is 27.7 Å². The molecule has 0 nitrogen and oxygen atoms in total. The molecule has 0 aromatic heterocycles. The van der Waals surface area contributed by atoms with E-state index >= 15 is 0 Å². The highest BCUT2D eigenvalue weighted by Crippen LogP contribution is 2.26. The van der Waals surface area contributed by atoms with Crippen LogP contribution in [0.2, 0.25) is 0 Å². The molecule has 0 spiro atoms. The molecule has 0 radical (unpaired) electrons. The Kier molecular flexibility index (Phi) is 15.4. The molecule has 0 atom stereocenters. The lowest BCUT2D eigenvalue weighted by atomic mass is 9.95. The molecule has 0 bridgehead atoms. The Morgan fingerprint density at radius 2 is 0.839 bits per heavy atom. The van der Waals surface area contributed by atoms with Crippen LogP contribution >= 0.6 is 0 Å². The third-order valence-corrected chi connectivity index (χ3v) is 5.53. The first kappa shape index (κ1) is 30.9. The van der Waals surface area contributed by atoms with Gasteiger partial charge in [-0.25, -0.2) is 0 Å². The van der Waals surface area contributed by atoms with E-state index in [1.165, 1.54) is 55.6 Å². The number of rotatable bonds is 1. The average Bonchev–Trinajstić information content (AvgIpc) is 2.74. The van der Waals surface area contributed by atoms with Gasteiger partial charge in [0.15, 0.2) is 0 Å². The van der Waals surface area contributed by atoms with Gasteiger partial charge in [0.05, 0.1) is 0 Å². The summed E-state index contributed by atoms with van der Waals surface area (Å²) in [6, 6.07) is 17.7. The normalized spacial score (nSPS) is 9.03. The molecule has 0 fully saturated rings. The minimum absolute atomic E-state index is 0. The second-order valence-corrected chi connectivity index (χ2v) is 7.57. The monoisotopic (exact) mass is 420 g/mol. The molecule has 3 rings (SSSR count). The molecule has 3 aromatic rings. The highest BCUT2D eigenvalue weighted by atomic mass is 14.1. The summed E-state index contributed by atoms with van der Waals surface area (Å²) in [6.45, 7) is 25.3. The Morgan fingerprint density at radius 1 is 0.419 bits per heavy atom. The van der Waals surface area contributed by atoms with E-state index in [-0.39, 0.29) is 7.43 Å². The van der Waals surface area contributed by atoms with Gasteiger partial charge >= 0.3 is 0 Å². The van der Waals surface area contributed by atoms with Crippen LogP contribution in [0.3, 0.4) is 0 Å². The van der Waals surface area contributed by atoms with Gasteiger partial charge in [0.25, 0.3) is 0 Å². The Bertz CT molecular complexity index is 863. The van der Waals surface area contributed by atoms with Gasteiger partial charge in [-0.05, 0) is 111 Å². The number of aryl methyl sites for hydroxylation is 7. The van der Waals surface area contributed by atoms with Gasteiger partial charge in [-0.3, -0.25) is 0 Å². The minimum Gasteiger partial charge on any atom is -0.0776 e. The molecule has 172 valence electrons. The second kappa shape index (κ2) is 15.5. The van der Waals surface area contributed by atoms with E-state index in [1.54, 1.807) is 0 Å². The molecule has 0 amide bonds. The van der Waals surface area contributed by atoms with Crippen LogP contribution in [0.4, 0.5) is 0 Å². The summed E-state index contributed by atoms with van der Waals surface area (Å²) in [7, 11) is 0. The Labute approximate surface area is 194 Å². The zero-order valence-electron chi connectivity index (χ0n) is 21.6. The summed E-state index contributed by atoms with van der Waals surface area (Å²) in [5.74, 6) is 0. The molecule has 0 heteroatoms. The molecule has 0 saturated carbocycles. The lowest BCUT2D eigenvalue weighted by Crippen LogP contribution is -1.88. The third kappa shape index (κ3) is 9.13. The van der Waals surface area contributed by atoms with Crippen molar-refractivity contribution < 1.29 is 0 Å². The maximum atomic E-state index is 2.27. The number of benzene rings is 3. The lowest BCUT2D eigenvalue weighted by Gasteiger charge is -2.10. The zero-order valence-corrected chi connectivity index (χ0v) is 21.6. The third-order valence-electron chi connectivity index (χ3n) is 5.53. The molecule has 0 saturated heterocycles. The van der Waals surface area contributed by atoms with E-state index < -0.39 is 0 Å². The first-order chi connectivity index (χ1) is 14.2. The quantitative estimate of drug-likeness (QED) is 0.367. The predicted molar refractivity (Wildman–Crippen MR) is 146 cm³/mol. The molecule has 0 heterocycles. The van der Waals surface area contributed by atoms with Crippen LogP contribution in [0.15, 0.2) is 48.5 Å². The van der Waals surface area contributed by atoms with E-state index in [4.69, 9.17) is 0 Å². The second-order valence-electron chi connectivity index (χ2n) is 7.57. The molecular formula is C31H48. The van der Waals surface area contributed by atoms with Gasteiger partial charge in [0.1, 0.15) is 0 Å². The SMILES string of the molecule is C.CC.CC.Cc1cc(C)c(C)cc1C.Cc1ccc(-c2cccc(C)c2C)cc1C. The highest BCUT2D eigenvalue weighted by Gasteiger charge is 2.04. The maximum Gasteiger partial charge on any atom is -0.0152 e. The molecule has 0 aliphatic rings. The smallest absolute Gasteiger partial charge is 0.0152 e. The molecule has 0 N–H and O–H groups in total. The van der Waals surface area contributed by atoms with Crippen molar-refractivity contribution in [3.63, 3.8) is 0 Å². The van der Waals surface area contributed by atoms with Gasteiger partial charge in [0.2, 0.25) is 0 Å². The van der Waals surface area contributed by atoms with Crippen molar-refractivity contribution in [3.8, 4) is 11.1 Å². The Balaban J connectivity index is 0. The molecule has 31 heavy (non-hydrogen) atoms. The fourth-order valence-electron chi connectivity index (χ4n) is 3.08. The van der Waals surface area contributed by atoms with Crippen molar-refractivity contribution in [1.82, 2.24) is 0 Å². The van der Waals surface area contributed by atoms with Gasteiger partial charge in [0, 0.05) is 0 Å². The van der Waals surface area contributed by atoms with Crippen molar-refractivity contribution in [2.45, 2.75) is 90.5 Å². The summed E-state index contributed by atoms with van der Waals surface area (Å²) >= 11 is 0. The van der Waals surface area contributed by atoms with E-state index in [9.17, 15) is 0 Å². The number of hydrogen-bond acceptors (Lipinski definition) is 0. The van der Waals surface area contributed by atoms with Crippen molar-refractivity contribution >= 4 is 0 Å². The van der Waals surface area contributed by atoms with Crippen LogP contribution in [0.5, 0.6) is 0 Å². The fraction of sp³-hybridized carbons (Fsp3) is 0.419. The molecule has 0 aliphatic carbocycles. The van der Waals surface area contributed by atoms with Crippen LogP contribution in [0.1, 0.15) is 79.6 Å². The first-order valence-corrected chi connectivity index (χ1v) is 11.4. The summed E-state index contributed by atoms with van der Waals surface area (Å²) < 4.78 is 0. The standard InChI is InChI=1S/C16H18.C10H14.2C2H6.CH4/c1-11-8-9-15(10-13(11)3)16-7-5-6-12(2)14(16)4;1-7-5-9(3)10(4)6-8(7)2;2*1-2;/h5-10H,1-4H3;5-6H,1-4H3;2*1-2H3;1H4. The van der Waals surface area contributed by atoms with Crippen molar-refractivity contribution in [2.24, 2.45) is 0 Å². The summed E-state index contributed by atoms with van der Waals surface area (Å²) in [5, 5.41) is 0. The van der Waals surface area contributed by atoms with Crippen molar-refractivity contribution in [3.05, 3.63) is 93.0 Å². The van der Waals surface area contributed by atoms with E-state index in [0.29, 0.717) is 0 Å². The Hall–Kier alpha value is -2.34. The number of hydrogen-bond donors (Lipinski definition) is 0. The van der Waals surface area contributed by atoms with E-state index in [2.05, 4.69) is 104 Å². The highest BCUT2D eigenvalue weighted by molar-refractivity contribution is 5.69. The molecule has 0 aliphatic heterocycles. The van der Waals surface area contributed by atoms with Crippen LogP contribution < -0.4 is 0 Å². The minimum atomic E-state index is 0.